The molecule has 1 amide bonds. The second kappa shape index (κ2) is 6.46. The van der Waals surface area contributed by atoms with E-state index in [9.17, 15) is 4.79 Å². The summed E-state index contributed by atoms with van der Waals surface area (Å²) in [6.45, 7) is 2.60. The summed E-state index contributed by atoms with van der Waals surface area (Å²) in [6.07, 6.45) is 0.746. The molecule has 0 aliphatic carbocycles. The number of nitrogens with one attached hydrogen (secondary N) is 1. The summed E-state index contributed by atoms with van der Waals surface area (Å²) >= 11 is 1.28. The monoisotopic (exact) mass is 324 g/mol. The van der Waals surface area contributed by atoms with E-state index in [0.717, 1.165) is 0 Å². The van der Waals surface area contributed by atoms with Gasteiger partial charge >= 0.3 is 0 Å². The van der Waals surface area contributed by atoms with Gasteiger partial charge in [-0.15, -0.1) is 10.2 Å². The molecule has 0 radical (unpaired) electrons. The molecule has 0 spiro atoms. The minimum absolute atomic E-state index is 0.0338. The Morgan fingerprint density at radius 3 is 3.14 bits per heavy atom. The third-order valence-corrected chi connectivity index (χ3v) is 4.09. The van der Waals surface area contributed by atoms with Crippen molar-refractivity contribution in [1.82, 2.24) is 25.2 Å². The van der Waals surface area contributed by atoms with Gasteiger partial charge < -0.3 is 9.26 Å². The lowest BCUT2D eigenvalue weighted by Gasteiger charge is -2.20. The van der Waals surface area contributed by atoms with Crippen LogP contribution in [0.2, 0.25) is 0 Å². The lowest BCUT2D eigenvalue weighted by atomic mass is 10.2. The molecular formula is C12H16N6O3S. The number of rotatable bonds is 5. The largest absolute Gasteiger partial charge is 0.380 e. The van der Waals surface area contributed by atoms with Gasteiger partial charge in [0, 0.05) is 13.7 Å². The fraction of sp³-hybridized carbons (Fsp3) is 0.583. The van der Waals surface area contributed by atoms with Gasteiger partial charge in [0.15, 0.2) is 5.82 Å². The Bertz CT molecular complexity index is 631. The van der Waals surface area contributed by atoms with Crippen LogP contribution < -0.4 is 5.32 Å². The number of ether oxygens (including phenoxy) is 1. The van der Waals surface area contributed by atoms with Crippen LogP contribution in [-0.4, -0.2) is 57.4 Å². The molecule has 1 N–H and O–H groups in total. The topological polar surface area (TPSA) is 106 Å². The van der Waals surface area contributed by atoms with Gasteiger partial charge in [-0.25, -0.2) is 0 Å². The first-order chi connectivity index (χ1) is 10.7. The maximum atomic E-state index is 12.1. The standard InChI is InChI=1S/C12H16N6O3S/c1-7-14-11(21-17-7)9-3-8(20-2)4-18(9)5-10(19)15-12-16-13-6-22-12/h6,8-9H,3-5H2,1-2H3,(H,15,16,19)/t8-,9+/m0/s1. The molecule has 9 nitrogen and oxygen atoms in total. The summed E-state index contributed by atoms with van der Waals surface area (Å²) in [5, 5.41) is 14.5. The van der Waals surface area contributed by atoms with Crippen molar-refractivity contribution in [3.05, 3.63) is 17.2 Å². The predicted molar refractivity (Wildman–Crippen MR) is 77.3 cm³/mol. The van der Waals surface area contributed by atoms with Crippen molar-refractivity contribution in [3.8, 4) is 0 Å². The first-order valence-electron chi connectivity index (χ1n) is 6.78. The minimum Gasteiger partial charge on any atom is -0.380 e. The van der Waals surface area contributed by atoms with E-state index in [-0.39, 0.29) is 24.6 Å². The molecule has 1 aliphatic heterocycles. The number of aryl methyl sites for hydroxylation is 1. The normalized spacial score (nSPS) is 22.1. The van der Waals surface area contributed by atoms with Crippen LogP contribution in [0.5, 0.6) is 0 Å². The summed E-state index contributed by atoms with van der Waals surface area (Å²) in [7, 11) is 1.66. The molecule has 1 aliphatic rings. The van der Waals surface area contributed by atoms with Crippen molar-refractivity contribution < 1.29 is 14.1 Å². The number of anilines is 1. The Kier molecular flexibility index (Phi) is 4.41. The van der Waals surface area contributed by atoms with E-state index >= 15 is 0 Å². The van der Waals surface area contributed by atoms with Crippen LogP contribution in [0.15, 0.2) is 10.0 Å². The molecule has 0 bridgehead atoms. The molecule has 0 aromatic carbocycles. The van der Waals surface area contributed by atoms with E-state index in [1.807, 2.05) is 4.90 Å². The summed E-state index contributed by atoms with van der Waals surface area (Å²) in [5.74, 6) is 0.935. The number of hydrogen-bond acceptors (Lipinski definition) is 9. The number of likely N-dealkylation sites (tertiary alicyclic amines) is 1. The average molecular weight is 324 g/mol. The fourth-order valence-corrected chi connectivity index (χ4v) is 2.94. The number of nitrogens with zero attached hydrogens (tertiary/aromatic N) is 5. The summed E-state index contributed by atoms with van der Waals surface area (Å²) in [6, 6.07) is -0.119. The van der Waals surface area contributed by atoms with E-state index < -0.39 is 0 Å². The molecule has 0 saturated carbocycles. The molecule has 0 unspecified atom stereocenters. The van der Waals surface area contributed by atoms with Crippen LogP contribution in [0.3, 0.4) is 0 Å². The van der Waals surface area contributed by atoms with Crippen molar-refractivity contribution in [2.24, 2.45) is 0 Å². The highest BCUT2D eigenvalue weighted by atomic mass is 32.1. The quantitative estimate of drug-likeness (QED) is 0.853. The van der Waals surface area contributed by atoms with E-state index in [2.05, 4.69) is 25.7 Å². The van der Waals surface area contributed by atoms with E-state index in [4.69, 9.17) is 9.26 Å². The number of hydrogen-bond donors (Lipinski definition) is 1. The zero-order valence-electron chi connectivity index (χ0n) is 12.2. The van der Waals surface area contributed by atoms with Gasteiger partial charge in [-0.05, 0) is 13.3 Å². The van der Waals surface area contributed by atoms with Crippen molar-refractivity contribution in [2.75, 3.05) is 25.5 Å². The zero-order chi connectivity index (χ0) is 15.5. The maximum absolute atomic E-state index is 12.1. The Morgan fingerprint density at radius 2 is 2.50 bits per heavy atom. The van der Waals surface area contributed by atoms with E-state index in [0.29, 0.717) is 29.8 Å². The summed E-state index contributed by atoms with van der Waals surface area (Å²) in [4.78, 5) is 18.4. The molecule has 22 heavy (non-hydrogen) atoms. The number of carbonyl (C=O) groups is 1. The van der Waals surface area contributed by atoms with Crippen molar-refractivity contribution in [3.63, 3.8) is 0 Å². The predicted octanol–water partition coefficient (Wildman–Crippen LogP) is 0.630. The molecular weight excluding hydrogens is 308 g/mol. The highest BCUT2D eigenvalue weighted by Gasteiger charge is 2.37. The van der Waals surface area contributed by atoms with E-state index in [1.54, 1.807) is 19.5 Å². The average Bonchev–Trinajstić information content (AvgIpc) is 3.20. The van der Waals surface area contributed by atoms with Gasteiger partial charge in [-0.3, -0.25) is 15.0 Å². The van der Waals surface area contributed by atoms with Crippen LogP contribution in [0.1, 0.15) is 24.2 Å². The van der Waals surface area contributed by atoms with Crippen LogP contribution in [0.4, 0.5) is 5.13 Å². The number of aromatic nitrogens is 4. The second-order valence-corrected chi connectivity index (χ2v) is 5.84. The Morgan fingerprint density at radius 1 is 1.64 bits per heavy atom. The van der Waals surface area contributed by atoms with Crippen LogP contribution in [0, 0.1) is 6.92 Å². The van der Waals surface area contributed by atoms with Crippen LogP contribution in [0.25, 0.3) is 0 Å². The molecule has 2 aromatic heterocycles. The highest BCUT2D eigenvalue weighted by Crippen LogP contribution is 2.32. The minimum atomic E-state index is -0.158. The third kappa shape index (κ3) is 3.29. The number of methoxy groups -OCH3 is 1. The lowest BCUT2D eigenvalue weighted by Crippen LogP contribution is -2.34. The second-order valence-electron chi connectivity index (χ2n) is 5.01. The van der Waals surface area contributed by atoms with Crippen molar-refractivity contribution in [1.29, 1.82) is 0 Å². The maximum Gasteiger partial charge on any atom is 0.244 e. The van der Waals surface area contributed by atoms with Gasteiger partial charge in [-0.2, -0.15) is 4.98 Å². The van der Waals surface area contributed by atoms with Gasteiger partial charge in [0.25, 0.3) is 0 Å². The fourth-order valence-electron chi connectivity index (χ4n) is 2.48. The Balaban J connectivity index is 1.68. The molecule has 10 heteroatoms. The van der Waals surface area contributed by atoms with Gasteiger partial charge in [-0.1, -0.05) is 16.5 Å². The van der Waals surface area contributed by atoms with E-state index in [1.165, 1.54) is 11.3 Å². The Labute approximate surface area is 130 Å². The first-order valence-corrected chi connectivity index (χ1v) is 7.66. The van der Waals surface area contributed by atoms with Crippen molar-refractivity contribution >= 4 is 22.4 Å². The van der Waals surface area contributed by atoms with Gasteiger partial charge in [0.2, 0.25) is 16.9 Å². The number of amides is 1. The smallest absolute Gasteiger partial charge is 0.244 e. The summed E-state index contributed by atoms with van der Waals surface area (Å²) < 4.78 is 10.7. The molecule has 1 fully saturated rings. The summed E-state index contributed by atoms with van der Waals surface area (Å²) in [5.41, 5.74) is 1.57. The number of carbonyl (C=O) groups excluding carboxylic acids is 1. The van der Waals surface area contributed by atoms with Gasteiger partial charge in [0.05, 0.1) is 18.7 Å². The lowest BCUT2D eigenvalue weighted by molar-refractivity contribution is -0.117. The molecule has 1 saturated heterocycles. The molecule has 2 atom stereocenters. The SMILES string of the molecule is CO[C@H]1C[C@H](c2nc(C)no2)N(CC(=O)Nc2nncs2)C1. The van der Waals surface area contributed by atoms with Gasteiger partial charge in [0.1, 0.15) is 5.51 Å². The zero-order valence-corrected chi connectivity index (χ0v) is 13.0. The highest BCUT2D eigenvalue weighted by molar-refractivity contribution is 7.13. The van der Waals surface area contributed by atoms with Crippen LogP contribution in [-0.2, 0) is 9.53 Å². The molecule has 3 heterocycles. The van der Waals surface area contributed by atoms with Crippen LogP contribution >= 0.6 is 11.3 Å². The Hall–Kier alpha value is -1.91. The molecule has 3 rings (SSSR count). The first kappa shape index (κ1) is 15.0. The van der Waals surface area contributed by atoms with Crippen molar-refractivity contribution in [2.45, 2.75) is 25.5 Å². The molecule has 118 valence electrons. The third-order valence-electron chi connectivity index (χ3n) is 3.48. The molecule has 2 aromatic rings.